The number of ether oxygens (including phenoxy) is 5. The van der Waals surface area contributed by atoms with Gasteiger partial charge in [0.2, 0.25) is 0 Å². The van der Waals surface area contributed by atoms with E-state index in [1.165, 1.54) is 11.3 Å². The Morgan fingerprint density at radius 3 is 2.40 bits per heavy atom. The van der Waals surface area contributed by atoms with E-state index in [4.69, 9.17) is 23.7 Å². The molecule has 234 valence electrons. The van der Waals surface area contributed by atoms with E-state index in [0.717, 1.165) is 22.4 Å². The molecule has 0 amide bonds. The summed E-state index contributed by atoms with van der Waals surface area (Å²) in [6, 6.07) is 20.0. The zero-order valence-electron chi connectivity index (χ0n) is 26.0. The van der Waals surface area contributed by atoms with Crippen molar-refractivity contribution in [3.63, 3.8) is 0 Å². The van der Waals surface area contributed by atoms with Crippen molar-refractivity contribution in [1.82, 2.24) is 4.57 Å². The van der Waals surface area contributed by atoms with E-state index < -0.39 is 12.0 Å². The molecule has 2 heterocycles. The summed E-state index contributed by atoms with van der Waals surface area (Å²) in [4.78, 5) is 32.2. The lowest BCUT2D eigenvalue weighted by molar-refractivity contribution is -0.139. The normalized spacial score (nSPS) is 14.4. The average molecular weight is 629 g/mol. The van der Waals surface area contributed by atoms with Crippen LogP contribution in [0, 0.1) is 6.92 Å². The highest BCUT2D eigenvalue weighted by Gasteiger charge is 2.33. The summed E-state index contributed by atoms with van der Waals surface area (Å²) >= 11 is 1.26. The molecule has 1 atom stereocenters. The fraction of sp³-hybridized carbons (Fsp3) is 0.286. The zero-order chi connectivity index (χ0) is 31.9. The first-order chi connectivity index (χ1) is 21.8. The molecule has 1 aromatic heterocycles. The highest BCUT2D eigenvalue weighted by Crippen LogP contribution is 2.32. The van der Waals surface area contributed by atoms with E-state index >= 15 is 0 Å². The highest BCUT2D eigenvalue weighted by molar-refractivity contribution is 7.07. The van der Waals surface area contributed by atoms with Crippen LogP contribution in [0.1, 0.15) is 43.5 Å². The van der Waals surface area contributed by atoms with Gasteiger partial charge >= 0.3 is 5.97 Å². The Balaban J connectivity index is 1.46. The van der Waals surface area contributed by atoms with Gasteiger partial charge in [-0.25, -0.2) is 9.79 Å². The van der Waals surface area contributed by atoms with Gasteiger partial charge in [0.05, 0.1) is 42.2 Å². The van der Waals surface area contributed by atoms with Crippen molar-refractivity contribution >= 4 is 23.4 Å². The Morgan fingerprint density at radius 1 is 0.911 bits per heavy atom. The molecule has 0 spiro atoms. The molecule has 0 saturated carbocycles. The molecular weight excluding hydrogens is 592 g/mol. The zero-order valence-corrected chi connectivity index (χ0v) is 26.8. The Labute approximate surface area is 265 Å². The van der Waals surface area contributed by atoms with Crippen molar-refractivity contribution in [1.29, 1.82) is 0 Å². The number of hydrogen-bond acceptors (Lipinski definition) is 9. The van der Waals surface area contributed by atoms with Crippen LogP contribution in [0.4, 0.5) is 0 Å². The second-order valence-electron chi connectivity index (χ2n) is 10.2. The Kier molecular flexibility index (Phi) is 10.0. The molecule has 9 nitrogen and oxygen atoms in total. The first-order valence-electron chi connectivity index (χ1n) is 14.8. The number of carbonyl (C=O) groups excluding carboxylic acids is 1. The summed E-state index contributed by atoms with van der Waals surface area (Å²) in [5.41, 5.74) is 3.20. The number of hydrogen-bond donors (Lipinski definition) is 0. The van der Waals surface area contributed by atoms with Crippen LogP contribution in [-0.4, -0.2) is 44.1 Å². The first-order valence-corrected chi connectivity index (χ1v) is 15.6. The van der Waals surface area contributed by atoms with Gasteiger partial charge in [-0.2, -0.15) is 0 Å². The Bertz CT molecular complexity index is 1890. The minimum absolute atomic E-state index is 0.205. The van der Waals surface area contributed by atoms with Gasteiger partial charge in [-0.15, -0.1) is 0 Å². The van der Waals surface area contributed by atoms with E-state index in [1.807, 2.05) is 68.4 Å². The standard InChI is InChI=1S/C35H36N2O7S/c1-6-41-29-20-24(11-16-28(29)44-18-17-43-27-10-8-9-22(3)19-27)21-30-33(38)37-32(25-12-14-26(40-5)15-13-25)31(34(39)42-7-2)23(4)36-35(37)45-30/h8-16,19-21,32H,6-7,17-18H2,1-5H3/b30-21+. The third kappa shape index (κ3) is 7.12. The minimum atomic E-state index is -0.704. The van der Waals surface area contributed by atoms with Crippen LogP contribution in [0.25, 0.3) is 6.08 Å². The number of nitrogens with zero attached hydrogens (tertiary/aromatic N) is 2. The lowest BCUT2D eigenvalue weighted by Gasteiger charge is -2.24. The van der Waals surface area contributed by atoms with E-state index in [1.54, 1.807) is 43.7 Å². The van der Waals surface area contributed by atoms with Crippen LogP contribution >= 0.6 is 11.3 Å². The van der Waals surface area contributed by atoms with Gasteiger partial charge in [-0.3, -0.25) is 9.36 Å². The maximum atomic E-state index is 14.0. The fourth-order valence-electron chi connectivity index (χ4n) is 5.06. The quantitative estimate of drug-likeness (QED) is 0.161. The van der Waals surface area contributed by atoms with Crippen LogP contribution in [0.5, 0.6) is 23.0 Å². The third-order valence-corrected chi connectivity index (χ3v) is 8.10. The van der Waals surface area contributed by atoms with Crippen molar-refractivity contribution in [2.24, 2.45) is 4.99 Å². The number of benzene rings is 3. The number of esters is 1. The number of allylic oxidation sites excluding steroid dienone is 1. The summed E-state index contributed by atoms with van der Waals surface area (Å²) in [7, 11) is 1.59. The van der Waals surface area contributed by atoms with Gasteiger partial charge in [0.15, 0.2) is 16.3 Å². The van der Waals surface area contributed by atoms with Crippen LogP contribution in [0.3, 0.4) is 0 Å². The van der Waals surface area contributed by atoms with Crippen LogP contribution in [0.2, 0.25) is 0 Å². The monoisotopic (exact) mass is 628 g/mol. The summed E-state index contributed by atoms with van der Waals surface area (Å²) in [5.74, 6) is 2.10. The maximum absolute atomic E-state index is 14.0. The third-order valence-electron chi connectivity index (χ3n) is 7.11. The first kappa shape index (κ1) is 31.6. The summed E-state index contributed by atoms with van der Waals surface area (Å²) < 4.78 is 30.4. The topological polar surface area (TPSA) is 97.6 Å². The van der Waals surface area contributed by atoms with Crippen molar-refractivity contribution in [2.45, 2.75) is 33.7 Å². The van der Waals surface area contributed by atoms with Crippen molar-refractivity contribution in [2.75, 3.05) is 33.5 Å². The molecule has 0 aliphatic carbocycles. The van der Waals surface area contributed by atoms with Crippen LogP contribution < -0.4 is 33.8 Å². The molecule has 0 bridgehead atoms. The SMILES string of the molecule is CCOC(=O)C1=C(C)N=c2s/c(=C/c3ccc(OCCOc4cccc(C)c4)c(OCC)c3)c(=O)n2C1c1ccc(OC)cc1. The molecule has 45 heavy (non-hydrogen) atoms. The maximum Gasteiger partial charge on any atom is 0.338 e. The molecule has 5 rings (SSSR count). The van der Waals surface area contributed by atoms with Gasteiger partial charge in [0.1, 0.15) is 24.7 Å². The van der Waals surface area contributed by atoms with Crippen molar-refractivity contribution in [3.8, 4) is 23.0 Å². The summed E-state index contributed by atoms with van der Waals surface area (Å²) in [6.45, 7) is 8.79. The van der Waals surface area contributed by atoms with Crippen LogP contribution in [0.15, 0.2) is 87.8 Å². The lowest BCUT2D eigenvalue weighted by atomic mass is 9.96. The highest BCUT2D eigenvalue weighted by atomic mass is 32.1. The second-order valence-corrected chi connectivity index (χ2v) is 11.2. The molecule has 0 N–H and O–H groups in total. The largest absolute Gasteiger partial charge is 0.497 e. The van der Waals surface area contributed by atoms with E-state index in [-0.39, 0.29) is 12.2 Å². The van der Waals surface area contributed by atoms with Gasteiger partial charge in [-0.1, -0.05) is 41.7 Å². The van der Waals surface area contributed by atoms with E-state index in [9.17, 15) is 9.59 Å². The van der Waals surface area contributed by atoms with Crippen LogP contribution in [-0.2, 0) is 9.53 Å². The second kappa shape index (κ2) is 14.3. The number of rotatable bonds is 12. The smallest absolute Gasteiger partial charge is 0.338 e. The molecule has 0 fully saturated rings. The molecule has 10 heteroatoms. The average Bonchev–Trinajstić information content (AvgIpc) is 3.33. The van der Waals surface area contributed by atoms with E-state index in [0.29, 0.717) is 57.7 Å². The fourth-order valence-corrected chi connectivity index (χ4v) is 6.11. The molecule has 1 unspecified atom stereocenters. The van der Waals surface area contributed by atoms with Crippen molar-refractivity contribution in [3.05, 3.63) is 114 Å². The predicted molar refractivity (Wildman–Crippen MR) is 173 cm³/mol. The van der Waals surface area contributed by atoms with Crippen molar-refractivity contribution < 1.29 is 28.5 Å². The Hall–Kier alpha value is -4.83. The van der Waals surface area contributed by atoms with Gasteiger partial charge in [-0.05, 0) is 86.9 Å². The minimum Gasteiger partial charge on any atom is -0.497 e. The number of methoxy groups -OCH3 is 1. The van der Waals surface area contributed by atoms with Gasteiger partial charge < -0.3 is 23.7 Å². The molecule has 3 aromatic carbocycles. The molecule has 0 saturated heterocycles. The molecule has 0 radical (unpaired) electrons. The van der Waals surface area contributed by atoms with Gasteiger partial charge in [0.25, 0.3) is 5.56 Å². The molecule has 1 aliphatic rings. The number of aryl methyl sites for hydroxylation is 1. The predicted octanol–water partition coefficient (Wildman–Crippen LogP) is 4.97. The number of fused-ring (bicyclic) bond motifs is 1. The van der Waals surface area contributed by atoms with E-state index in [2.05, 4.69) is 4.99 Å². The lowest BCUT2D eigenvalue weighted by Crippen LogP contribution is -2.39. The number of thiazole rings is 1. The summed E-state index contributed by atoms with van der Waals surface area (Å²) in [6.07, 6.45) is 1.80. The summed E-state index contributed by atoms with van der Waals surface area (Å²) in [5, 5.41) is 0. The van der Waals surface area contributed by atoms with Gasteiger partial charge in [0, 0.05) is 0 Å². The molecule has 1 aliphatic heterocycles. The molecule has 4 aromatic rings. The number of carbonyl (C=O) groups is 1. The Morgan fingerprint density at radius 2 is 1.69 bits per heavy atom. The number of aromatic nitrogens is 1. The molecular formula is C35H36N2O7S.